The van der Waals surface area contributed by atoms with Gasteiger partial charge in [-0.15, -0.1) is 0 Å². The molecular weight excluding hydrogens is 760 g/mol. The highest BCUT2D eigenvalue weighted by Crippen LogP contribution is 2.75. The van der Waals surface area contributed by atoms with Crippen molar-refractivity contribution in [2.45, 2.75) is 130 Å². The van der Waals surface area contributed by atoms with Gasteiger partial charge in [-0.3, -0.25) is 0 Å². The second-order valence-corrected chi connectivity index (χ2v) is 18.9. The van der Waals surface area contributed by atoms with Crippen LogP contribution in [-0.4, -0.2) is 109 Å². The summed E-state index contributed by atoms with van der Waals surface area (Å²) < 4.78 is 39.5. The Morgan fingerprint density at radius 3 is 2.24 bits per heavy atom. The van der Waals surface area contributed by atoms with Crippen LogP contribution in [0.4, 0.5) is 0 Å². The van der Waals surface area contributed by atoms with E-state index in [1.54, 1.807) is 55.5 Å². The molecule has 4 saturated heterocycles. The molecule has 0 aromatic heterocycles. The van der Waals surface area contributed by atoms with E-state index in [4.69, 9.17) is 28.4 Å². The number of aliphatic hydroxyl groups excluding tert-OH is 2. The first kappa shape index (κ1) is 39.6. The zero-order valence-electron chi connectivity index (χ0n) is 33.5. The molecule has 12 aliphatic rings. The Morgan fingerprint density at radius 1 is 0.864 bits per heavy atom. The number of benzene rings is 2. The fourth-order valence-electron chi connectivity index (χ4n) is 13.0. The average molecular weight is 815 g/mol. The van der Waals surface area contributed by atoms with Crippen LogP contribution in [0.5, 0.6) is 0 Å². The van der Waals surface area contributed by atoms with Crippen LogP contribution in [0, 0.1) is 35.5 Å². The van der Waals surface area contributed by atoms with E-state index in [9.17, 15) is 35.1 Å². The highest BCUT2D eigenvalue weighted by atomic mass is 16.9. The Bertz CT molecular complexity index is 2030. The topological polar surface area (TPSA) is 194 Å². The zero-order chi connectivity index (χ0) is 41.3. The second kappa shape index (κ2) is 13.5. The van der Waals surface area contributed by atoms with E-state index >= 15 is 0 Å². The van der Waals surface area contributed by atoms with Crippen molar-refractivity contribution in [1.82, 2.24) is 0 Å². The van der Waals surface area contributed by atoms with Gasteiger partial charge in [0.05, 0.1) is 23.4 Å². The lowest BCUT2D eigenvalue weighted by atomic mass is 9.49. The van der Waals surface area contributed by atoms with E-state index in [2.05, 4.69) is 0 Å². The summed E-state index contributed by atoms with van der Waals surface area (Å²) in [5.74, 6) is -6.38. The molecule has 8 fully saturated rings. The van der Waals surface area contributed by atoms with Gasteiger partial charge in [0.1, 0.15) is 53.4 Å². The first-order chi connectivity index (χ1) is 28.2. The lowest BCUT2D eigenvalue weighted by Crippen LogP contribution is -2.89. The number of hydrogen-bond acceptors (Lipinski definition) is 13. The third-order valence-corrected chi connectivity index (χ3v) is 15.9. The molecule has 13 nitrogen and oxygen atoms in total. The summed E-state index contributed by atoms with van der Waals surface area (Å²) in [5, 5.41) is 63.2. The summed E-state index contributed by atoms with van der Waals surface area (Å²) in [6, 6.07) is 17.8. The summed E-state index contributed by atoms with van der Waals surface area (Å²) in [7, 11) is 0. The van der Waals surface area contributed by atoms with Crippen LogP contribution in [0.3, 0.4) is 0 Å². The van der Waals surface area contributed by atoms with Crippen LogP contribution >= 0.6 is 0 Å². The third-order valence-electron chi connectivity index (χ3n) is 15.9. The maximum atomic E-state index is 13.7. The third kappa shape index (κ3) is 5.35. The summed E-state index contributed by atoms with van der Waals surface area (Å²) >= 11 is 0. The number of epoxide rings is 1. The maximum absolute atomic E-state index is 13.7. The molecule has 0 amide bonds. The molecule has 4 aliphatic carbocycles. The van der Waals surface area contributed by atoms with E-state index in [1.165, 1.54) is 12.2 Å². The first-order valence-corrected chi connectivity index (χ1v) is 21.2. The number of hydrogen-bond donors (Lipinski definition) is 5. The molecule has 13 heteroatoms. The molecule has 0 unspecified atom stereocenters. The smallest absolute Gasteiger partial charge is 0.338 e. The number of allylic oxidation sites excluding steroid dienone is 2. The Kier molecular flexibility index (Phi) is 9.07. The van der Waals surface area contributed by atoms with Crippen molar-refractivity contribution in [2.24, 2.45) is 35.5 Å². The molecule has 4 saturated carbocycles. The monoisotopic (exact) mass is 814 g/mol. The molecule has 8 heterocycles. The van der Waals surface area contributed by atoms with Gasteiger partial charge in [-0.25, -0.2) is 9.59 Å². The average Bonchev–Trinajstić information content (AvgIpc) is 3.92. The van der Waals surface area contributed by atoms with E-state index in [0.29, 0.717) is 36.8 Å². The van der Waals surface area contributed by atoms with Gasteiger partial charge in [0.2, 0.25) is 0 Å². The van der Waals surface area contributed by atoms with Crippen molar-refractivity contribution in [1.29, 1.82) is 0 Å². The maximum Gasteiger partial charge on any atom is 0.338 e. The van der Waals surface area contributed by atoms with Gasteiger partial charge in [0.15, 0.2) is 0 Å². The molecule has 316 valence electrons. The number of ether oxygens (including phenoxy) is 6. The van der Waals surface area contributed by atoms with Crippen LogP contribution in [0.2, 0.25) is 0 Å². The van der Waals surface area contributed by atoms with Gasteiger partial charge >= 0.3 is 17.9 Å². The predicted octanol–water partition coefficient (Wildman–Crippen LogP) is 3.45. The Hall–Kier alpha value is -3.50. The van der Waals surface area contributed by atoms with Gasteiger partial charge in [0.25, 0.3) is 0 Å². The molecule has 0 radical (unpaired) electrons. The number of carbonyl (C=O) groups is 2. The van der Waals surface area contributed by atoms with Crippen LogP contribution in [-0.2, 0) is 39.2 Å². The Labute approximate surface area is 342 Å². The normalized spacial score (nSPS) is 51.7. The van der Waals surface area contributed by atoms with E-state index in [-0.39, 0.29) is 24.7 Å². The second-order valence-electron chi connectivity index (χ2n) is 18.9. The van der Waals surface area contributed by atoms with Gasteiger partial charge in [-0.2, -0.15) is 0 Å². The molecule has 59 heavy (non-hydrogen) atoms. The molecule has 1 spiro atoms. The number of esters is 2. The lowest BCUT2D eigenvalue weighted by molar-refractivity contribution is -0.595. The summed E-state index contributed by atoms with van der Waals surface area (Å²) in [4.78, 5) is 27.0. The van der Waals surface area contributed by atoms with Gasteiger partial charge in [-0.05, 0) is 81.4 Å². The van der Waals surface area contributed by atoms with Gasteiger partial charge in [0, 0.05) is 29.4 Å². The lowest BCUT2D eigenvalue weighted by Gasteiger charge is -2.74. The molecular formula is C46H54O13. The standard InChI is InChI=1S/C46H54O13/c1-25-22-32-43(52)35(25)55-33(48)17-11-10-16-31(54-39(49)29-12-6-4-7-13-29)28-20-18-27(19-21-28)23-41(3,51)45(53)36-26(2)44(32)34(37-42(24-47,56-37)40(43)50)38(45)58-46(57-36,59-44)30-14-8-5-9-15-30/h4-17,25-28,31-32,34-38,40,47,50-53H,18-24H2,1-3H3/b16-10-,17-11+/t25-,26+,27?,28?,31-,32-,34-,35-,36-,37-,38+,40-,41-,42-,43-,44-,45-,46-/m1/s1. The van der Waals surface area contributed by atoms with Crippen molar-refractivity contribution in [3.63, 3.8) is 0 Å². The van der Waals surface area contributed by atoms with Gasteiger partial charge < -0.3 is 54.0 Å². The number of carbonyl (C=O) groups excluding carboxylic acids is 2. The molecule has 14 rings (SSSR count). The van der Waals surface area contributed by atoms with Crippen molar-refractivity contribution < 1.29 is 63.5 Å². The summed E-state index contributed by atoms with van der Waals surface area (Å²) in [5.41, 5.74) is -8.37. The summed E-state index contributed by atoms with van der Waals surface area (Å²) in [6.45, 7) is 4.62. The zero-order valence-corrected chi connectivity index (χ0v) is 33.5. The van der Waals surface area contributed by atoms with Crippen molar-refractivity contribution in [3.8, 4) is 0 Å². The molecule has 8 aliphatic heterocycles. The fraction of sp³-hybridized carbons (Fsp3) is 0.609. The highest BCUT2D eigenvalue weighted by Gasteiger charge is 2.91. The molecule has 16 atom stereocenters. The molecule has 2 aromatic rings. The molecule has 5 N–H and O–H groups in total. The largest absolute Gasteiger partial charge is 0.456 e. The highest BCUT2D eigenvalue weighted by molar-refractivity contribution is 5.89. The van der Waals surface area contributed by atoms with Crippen LogP contribution < -0.4 is 0 Å². The SMILES string of the molecule is C[C@@H]1C[C@@H]2[C@@]3(O)[C@@H]1OC(=O)/C=C/C=C\[C@@H](OC(=O)c1ccccc1)C1CCC(CC1)C[C@@](C)(O)[C@@]1(O)[C@@H]4O[C@]5(c6ccccc6)O[C@H]1[C@@H]([C@H]1O[C@@]1(CO)[C@H]3O)[C@@]2(O5)[C@H]4C. The quantitative estimate of drug-likeness (QED) is 0.223. The first-order valence-electron chi connectivity index (χ1n) is 21.2. The molecule has 2 aromatic carbocycles. The summed E-state index contributed by atoms with van der Waals surface area (Å²) in [6.07, 6.45) is 2.22. The molecule has 11 bridgehead atoms. The Balaban J connectivity index is 1.11. The van der Waals surface area contributed by atoms with Crippen LogP contribution in [0.25, 0.3) is 0 Å². The predicted molar refractivity (Wildman–Crippen MR) is 207 cm³/mol. The van der Waals surface area contributed by atoms with Crippen molar-refractivity contribution in [2.75, 3.05) is 6.61 Å². The minimum Gasteiger partial charge on any atom is -0.456 e. The van der Waals surface area contributed by atoms with Gasteiger partial charge in [-0.1, -0.05) is 74.5 Å². The van der Waals surface area contributed by atoms with Crippen molar-refractivity contribution in [3.05, 3.63) is 96.1 Å². The minimum absolute atomic E-state index is 0.0352. The van der Waals surface area contributed by atoms with E-state index in [0.717, 1.165) is 0 Å². The van der Waals surface area contributed by atoms with E-state index < -0.39 is 113 Å². The number of rotatable bonds is 4. The van der Waals surface area contributed by atoms with Crippen LogP contribution in [0.1, 0.15) is 75.2 Å². The minimum atomic E-state index is -2.22. The fourth-order valence-corrected chi connectivity index (χ4v) is 13.0. The Morgan fingerprint density at radius 2 is 1.54 bits per heavy atom. The number of aliphatic hydroxyl groups is 5. The van der Waals surface area contributed by atoms with E-state index in [1.807, 2.05) is 38.1 Å². The van der Waals surface area contributed by atoms with Crippen molar-refractivity contribution >= 4 is 11.9 Å². The number of fused-ring (bicyclic) bond motifs is 1. The van der Waals surface area contributed by atoms with Crippen LogP contribution in [0.15, 0.2) is 85.0 Å².